The van der Waals surface area contributed by atoms with Crippen molar-refractivity contribution < 1.29 is 4.79 Å². The number of hydrogen-bond acceptors (Lipinski definition) is 2. The summed E-state index contributed by atoms with van der Waals surface area (Å²) in [6.07, 6.45) is 5.08. The van der Waals surface area contributed by atoms with Gasteiger partial charge in [-0.25, -0.2) is 0 Å². The molecule has 0 bridgehead atoms. The van der Waals surface area contributed by atoms with Crippen molar-refractivity contribution in [2.24, 2.45) is 5.41 Å². The van der Waals surface area contributed by atoms with Crippen molar-refractivity contribution in [3.8, 4) is 0 Å². The SMILES string of the molecule is CNC(=O)c1cccc(NC2CCCCC2(C)C)c1C. The summed E-state index contributed by atoms with van der Waals surface area (Å²) in [6.45, 7) is 6.69. The zero-order valence-electron chi connectivity index (χ0n) is 13.0. The summed E-state index contributed by atoms with van der Waals surface area (Å²) >= 11 is 0. The lowest BCUT2D eigenvalue weighted by Gasteiger charge is -2.40. The standard InChI is InChI=1S/C17H26N2O/c1-12-13(16(20)18-4)8-7-9-14(12)19-15-10-5-6-11-17(15,2)3/h7-9,15,19H,5-6,10-11H2,1-4H3,(H,18,20). The number of benzene rings is 1. The summed E-state index contributed by atoms with van der Waals surface area (Å²) in [7, 11) is 1.67. The van der Waals surface area contributed by atoms with E-state index in [9.17, 15) is 4.79 Å². The van der Waals surface area contributed by atoms with Gasteiger partial charge in [-0.2, -0.15) is 0 Å². The van der Waals surface area contributed by atoms with Crippen molar-refractivity contribution in [1.82, 2.24) is 5.32 Å². The highest BCUT2D eigenvalue weighted by molar-refractivity contribution is 5.96. The van der Waals surface area contributed by atoms with Crippen LogP contribution in [-0.4, -0.2) is 19.0 Å². The topological polar surface area (TPSA) is 41.1 Å². The molecule has 1 unspecified atom stereocenters. The Morgan fingerprint density at radius 1 is 1.30 bits per heavy atom. The number of rotatable bonds is 3. The highest BCUT2D eigenvalue weighted by Crippen LogP contribution is 2.37. The van der Waals surface area contributed by atoms with Gasteiger partial charge in [0.05, 0.1) is 0 Å². The van der Waals surface area contributed by atoms with Crippen LogP contribution in [0, 0.1) is 12.3 Å². The minimum Gasteiger partial charge on any atom is -0.382 e. The van der Waals surface area contributed by atoms with E-state index in [1.807, 2.05) is 19.1 Å². The zero-order valence-corrected chi connectivity index (χ0v) is 13.0. The molecule has 1 saturated carbocycles. The van der Waals surface area contributed by atoms with Crippen molar-refractivity contribution in [2.45, 2.75) is 52.5 Å². The van der Waals surface area contributed by atoms with E-state index in [2.05, 4.69) is 30.5 Å². The fourth-order valence-electron chi connectivity index (χ4n) is 3.12. The molecule has 0 spiro atoms. The first-order chi connectivity index (χ1) is 9.45. The van der Waals surface area contributed by atoms with Crippen LogP contribution in [0.1, 0.15) is 55.5 Å². The molecule has 1 aliphatic rings. The number of carbonyl (C=O) groups excluding carboxylic acids is 1. The molecule has 110 valence electrons. The normalized spacial score (nSPS) is 21.3. The van der Waals surface area contributed by atoms with Gasteiger partial charge in [-0.1, -0.05) is 32.8 Å². The Kier molecular flexibility index (Phi) is 4.36. The van der Waals surface area contributed by atoms with Crippen LogP contribution < -0.4 is 10.6 Å². The van der Waals surface area contributed by atoms with Crippen molar-refractivity contribution >= 4 is 11.6 Å². The fraction of sp³-hybridized carbons (Fsp3) is 0.588. The molecule has 0 saturated heterocycles. The monoisotopic (exact) mass is 274 g/mol. The van der Waals surface area contributed by atoms with E-state index in [1.165, 1.54) is 25.7 Å². The van der Waals surface area contributed by atoms with Gasteiger partial charge >= 0.3 is 0 Å². The highest BCUT2D eigenvalue weighted by Gasteiger charge is 2.32. The first-order valence-corrected chi connectivity index (χ1v) is 7.54. The molecular formula is C17H26N2O. The van der Waals surface area contributed by atoms with E-state index in [4.69, 9.17) is 0 Å². The molecule has 1 aromatic carbocycles. The third-order valence-corrected chi connectivity index (χ3v) is 4.64. The summed E-state index contributed by atoms with van der Waals surface area (Å²) in [4.78, 5) is 11.9. The van der Waals surface area contributed by atoms with Crippen LogP contribution in [-0.2, 0) is 0 Å². The average molecular weight is 274 g/mol. The highest BCUT2D eigenvalue weighted by atomic mass is 16.1. The summed E-state index contributed by atoms with van der Waals surface area (Å²) in [5, 5.41) is 6.38. The Balaban J connectivity index is 2.23. The van der Waals surface area contributed by atoms with Gasteiger partial charge in [0.15, 0.2) is 0 Å². The molecule has 1 amide bonds. The third kappa shape index (κ3) is 2.97. The summed E-state index contributed by atoms with van der Waals surface area (Å²) < 4.78 is 0. The molecule has 1 atom stereocenters. The van der Waals surface area contributed by atoms with Crippen LogP contribution in [0.4, 0.5) is 5.69 Å². The van der Waals surface area contributed by atoms with Crippen LogP contribution >= 0.6 is 0 Å². The van der Waals surface area contributed by atoms with Crippen LogP contribution in [0.2, 0.25) is 0 Å². The molecule has 3 nitrogen and oxygen atoms in total. The van der Waals surface area contributed by atoms with E-state index in [0.29, 0.717) is 11.5 Å². The molecule has 1 aliphatic carbocycles. The Morgan fingerprint density at radius 3 is 2.70 bits per heavy atom. The van der Waals surface area contributed by atoms with E-state index < -0.39 is 0 Å². The zero-order chi connectivity index (χ0) is 14.8. The van der Waals surface area contributed by atoms with Crippen LogP contribution in [0.25, 0.3) is 0 Å². The van der Waals surface area contributed by atoms with Crippen LogP contribution in [0.3, 0.4) is 0 Å². The lowest BCUT2D eigenvalue weighted by molar-refractivity contribution is 0.0962. The Bertz CT molecular complexity index is 494. The maximum absolute atomic E-state index is 11.9. The van der Waals surface area contributed by atoms with Crippen molar-refractivity contribution in [1.29, 1.82) is 0 Å². The van der Waals surface area contributed by atoms with Gasteiger partial charge in [0.25, 0.3) is 5.91 Å². The molecule has 0 aliphatic heterocycles. The maximum Gasteiger partial charge on any atom is 0.251 e. The third-order valence-electron chi connectivity index (χ3n) is 4.64. The molecular weight excluding hydrogens is 248 g/mol. The lowest BCUT2D eigenvalue weighted by Crippen LogP contribution is -2.39. The minimum absolute atomic E-state index is 0.0194. The van der Waals surface area contributed by atoms with Gasteiger partial charge in [-0.05, 0) is 42.9 Å². The average Bonchev–Trinajstić information content (AvgIpc) is 2.42. The minimum atomic E-state index is -0.0194. The molecule has 0 heterocycles. The van der Waals surface area contributed by atoms with Crippen molar-refractivity contribution in [2.75, 3.05) is 12.4 Å². The van der Waals surface area contributed by atoms with Crippen molar-refractivity contribution in [3.63, 3.8) is 0 Å². The fourth-order valence-corrected chi connectivity index (χ4v) is 3.12. The molecule has 0 radical (unpaired) electrons. The maximum atomic E-state index is 11.9. The number of nitrogens with one attached hydrogen (secondary N) is 2. The van der Waals surface area contributed by atoms with Crippen molar-refractivity contribution in [3.05, 3.63) is 29.3 Å². The predicted molar refractivity (Wildman–Crippen MR) is 84.2 cm³/mol. The number of carbonyl (C=O) groups is 1. The van der Waals surface area contributed by atoms with E-state index in [0.717, 1.165) is 16.8 Å². The Hall–Kier alpha value is -1.51. The van der Waals surface area contributed by atoms with E-state index in [1.54, 1.807) is 7.05 Å². The first kappa shape index (κ1) is 14.9. The molecule has 20 heavy (non-hydrogen) atoms. The van der Waals surface area contributed by atoms with E-state index >= 15 is 0 Å². The predicted octanol–water partition coefficient (Wildman–Crippen LogP) is 3.74. The van der Waals surface area contributed by atoms with Gasteiger partial charge in [0.2, 0.25) is 0 Å². The lowest BCUT2D eigenvalue weighted by atomic mass is 9.73. The first-order valence-electron chi connectivity index (χ1n) is 7.54. The molecule has 3 heteroatoms. The quantitative estimate of drug-likeness (QED) is 0.881. The van der Waals surface area contributed by atoms with Gasteiger partial charge in [-0.3, -0.25) is 4.79 Å². The summed E-state index contributed by atoms with van der Waals surface area (Å²) in [5.41, 5.74) is 3.19. The number of hydrogen-bond donors (Lipinski definition) is 2. The Labute approximate surface area is 122 Å². The van der Waals surface area contributed by atoms with Gasteiger partial charge in [-0.15, -0.1) is 0 Å². The van der Waals surface area contributed by atoms with E-state index in [-0.39, 0.29) is 5.91 Å². The molecule has 1 fully saturated rings. The molecule has 2 rings (SSSR count). The number of anilines is 1. The van der Waals surface area contributed by atoms with Gasteiger partial charge in [0, 0.05) is 24.3 Å². The summed E-state index contributed by atoms with van der Waals surface area (Å²) in [5.74, 6) is -0.0194. The largest absolute Gasteiger partial charge is 0.382 e. The Morgan fingerprint density at radius 2 is 2.05 bits per heavy atom. The second-order valence-electron chi connectivity index (χ2n) is 6.49. The summed E-state index contributed by atoms with van der Waals surface area (Å²) in [6, 6.07) is 6.39. The molecule has 0 aromatic heterocycles. The van der Waals surface area contributed by atoms with Crippen LogP contribution in [0.5, 0.6) is 0 Å². The second kappa shape index (κ2) is 5.86. The van der Waals surface area contributed by atoms with Crippen LogP contribution in [0.15, 0.2) is 18.2 Å². The smallest absolute Gasteiger partial charge is 0.251 e. The van der Waals surface area contributed by atoms with Gasteiger partial charge in [0.1, 0.15) is 0 Å². The number of amides is 1. The van der Waals surface area contributed by atoms with Gasteiger partial charge < -0.3 is 10.6 Å². The molecule has 1 aromatic rings. The molecule has 2 N–H and O–H groups in total. The second-order valence-corrected chi connectivity index (χ2v) is 6.49.